The first-order chi connectivity index (χ1) is 4.74. The standard InChI is InChI=1S/C8H8FN/c1-6-2-3-8(9)7(4-6)5-10/h2,4,8H,3H2,1H3. The second-order valence-corrected chi connectivity index (χ2v) is 2.36. The van der Waals surface area contributed by atoms with Gasteiger partial charge in [-0.3, -0.25) is 0 Å². The lowest BCUT2D eigenvalue weighted by molar-refractivity contribution is 0.389. The van der Waals surface area contributed by atoms with Gasteiger partial charge in [0.25, 0.3) is 0 Å². The summed E-state index contributed by atoms with van der Waals surface area (Å²) < 4.78 is 12.7. The van der Waals surface area contributed by atoms with Crippen molar-refractivity contribution >= 4 is 0 Å². The van der Waals surface area contributed by atoms with E-state index in [1.807, 2.05) is 13.0 Å². The SMILES string of the molecule is CC1=CCC(F)C(C#N)=C1. The number of nitriles is 1. The highest BCUT2D eigenvalue weighted by molar-refractivity contribution is 5.37. The minimum Gasteiger partial charge on any atom is -0.241 e. The highest BCUT2D eigenvalue weighted by Gasteiger charge is 2.14. The lowest BCUT2D eigenvalue weighted by Crippen LogP contribution is -2.05. The summed E-state index contributed by atoms with van der Waals surface area (Å²) in [6.07, 6.45) is 2.67. The molecule has 0 fully saturated rings. The normalized spacial score (nSPS) is 24.7. The van der Waals surface area contributed by atoms with E-state index in [1.54, 1.807) is 12.2 Å². The molecule has 0 N–H and O–H groups in total. The Bertz CT molecular complexity index is 232. The van der Waals surface area contributed by atoms with Crippen molar-refractivity contribution in [3.05, 3.63) is 23.3 Å². The molecular weight excluding hydrogens is 129 g/mol. The van der Waals surface area contributed by atoms with Crippen molar-refractivity contribution in [2.75, 3.05) is 0 Å². The highest BCUT2D eigenvalue weighted by atomic mass is 19.1. The van der Waals surface area contributed by atoms with Crippen LogP contribution >= 0.6 is 0 Å². The van der Waals surface area contributed by atoms with E-state index in [2.05, 4.69) is 0 Å². The van der Waals surface area contributed by atoms with E-state index in [4.69, 9.17) is 5.26 Å². The van der Waals surface area contributed by atoms with Gasteiger partial charge in [0.05, 0.1) is 11.6 Å². The summed E-state index contributed by atoms with van der Waals surface area (Å²) >= 11 is 0. The zero-order valence-electron chi connectivity index (χ0n) is 5.76. The van der Waals surface area contributed by atoms with Crippen LogP contribution < -0.4 is 0 Å². The maximum absolute atomic E-state index is 12.7. The number of hydrogen-bond acceptors (Lipinski definition) is 1. The summed E-state index contributed by atoms with van der Waals surface area (Å²) in [6, 6.07) is 1.83. The molecule has 1 unspecified atom stereocenters. The second-order valence-electron chi connectivity index (χ2n) is 2.36. The van der Waals surface area contributed by atoms with E-state index in [-0.39, 0.29) is 5.57 Å². The van der Waals surface area contributed by atoms with Crippen LogP contribution in [-0.2, 0) is 0 Å². The first-order valence-corrected chi connectivity index (χ1v) is 3.16. The Morgan fingerprint density at radius 1 is 1.80 bits per heavy atom. The van der Waals surface area contributed by atoms with Gasteiger partial charge in [0.2, 0.25) is 0 Å². The predicted molar refractivity (Wildman–Crippen MR) is 37.0 cm³/mol. The van der Waals surface area contributed by atoms with Crippen LogP contribution in [0, 0.1) is 11.3 Å². The molecule has 0 aromatic rings. The summed E-state index contributed by atoms with van der Waals surface area (Å²) in [5.74, 6) is 0. The number of hydrogen-bond donors (Lipinski definition) is 0. The zero-order chi connectivity index (χ0) is 7.56. The Morgan fingerprint density at radius 3 is 3.00 bits per heavy atom. The molecule has 0 saturated carbocycles. The molecule has 1 atom stereocenters. The topological polar surface area (TPSA) is 23.8 Å². The molecule has 2 heteroatoms. The summed E-state index contributed by atoms with van der Waals surface area (Å²) in [4.78, 5) is 0. The van der Waals surface area contributed by atoms with Crippen LogP contribution in [0.15, 0.2) is 23.3 Å². The number of halogens is 1. The van der Waals surface area contributed by atoms with E-state index < -0.39 is 6.17 Å². The molecule has 10 heavy (non-hydrogen) atoms. The van der Waals surface area contributed by atoms with Crippen molar-refractivity contribution in [2.45, 2.75) is 19.5 Å². The van der Waals surface area contributed by atoms with Crippen molar-refractivity contribution in [3.8, 4) is 6.07 Å². The average Bonchev–Trinajstić information content (AvgIpc) is 1.94. The minimum atomic E-state index is -1.08. The van der Waals surface area contributed by atoms with Crippen LogP contribution in [0.5, 0.6) is 0 Å². The van der Waals surface area contributed by atoms with Crippen LogP contribution in [0.25, 0.3) is 0 Å². The molecule has 1 nitrogen and oxygen atoms in total. The predicted octanol–water partition coefficient (Wildman–Crippen LogP) is 2.12. The lowest BCUT2D eigenvalue weighted by Gasteiger charge is -2.08. The van der Waals surface area contributed by atoms with E-state index >= 15 is 0 Å². The zero-order valence-corrected chi connectivity index (χ0v) is 5.76. The summed E-state index contributed by atoms with van der Waals surface area (Å²) in [5, 5.41) is 8.39. The highest BCUT2D eigenvalue weighted by Crippen LogP contribution is 2.19. The average molecular weight is 137 g/mol. The molecule has 0 bridgehead atoms. The molecule has 0 spiro atoms. The number of allylic oxidation sites excluding steroid dienone is 4. The molecule has 1 rings (SSSR count). The van der Waals surface area contributed by atoms with Crippen molar-refractivity contribution in [1.82, 2.24) is 0 Å². The van der Waals surface area contributed by atoms with Gasteiger partial charge >= 0.3 is 0 Å². The van der Waals surface area contributed by atoms with Gasteiger partial charge in [0, 0.05) is 6.42 Å². The molecular formula is C8H8FN. The molecule has 0 aliphatic heterocycles. The lowest BCUT2D eigenvalue weighted by atomic mass is 10.00. The van der Waals surface area contributed by atoms with Gasteiger partial charge in [-0.1, -0.05) is 11.6 Å². The maximum Gasteiger partial charge on any atom is 0.138 e. The van der Waals surface area contributed by atoms with Gasteiger partial charge in [-0.05, 0) is 13.0 Å². The van der Waals surface area contributed by atoms with E-state index in [1.165, 1.54) is 0 Å². The molecule has 1 aliphatic rings. The van der Waals surface area contributed by atoms with Crippen molar-refractivity contribution in [2.24, 2.45) is 0 Å². The third-order valence-corrected chi connectivity index (χ3v) is 1.50. The van der Waals surface area contributed by atoms with Gasteiger partial charge < -0.3 is 0 Å². The fourth-order valence-corrected chi connectivity index (χ4v) is 0.913. The number of rotatable bonds is 0. The van der Waals surface area contributed by atoms with Crippen molar-refractivity contribution in [1.29, 1.82) is 5.26 Å². The van der Waals surface area contributed by atoms with E-state index in [0.717, 1.165) is 5.57 Å². The molecule has 0 saturated heterocycles. The molecule has 0 aromatic carbocycles. The fourth-order valence-electron chi connectivity index (χ4n) is 0.913. The summed E-state index contributed by atoms with van der Waals surface area (Å²) in [7, 11) is 0. The molecule has 0 amide bonds. The van der Waals surface area contributed by atoms with Crippen LogP contribution in [0.2, 0.25) is 0 Å². The van der Waals surface area contributed by atoms with Gasteiger partial charge in [-0.15, -0.1) is 0 Å². The minimum absolute atomic E-state index is 0.250. The number of nitrogens with zero attached hydrogens (tertiary/aromatic N) is 1. The van der Waals surface area contributed by atoms with Crippen molar-refractivity contribution < 1.29 is 4.39 Å². The van der Waals surface area contributed by atoms with Crippen LogP contribution in [0.4, 0.5) is 4.39 Å². The molecule has 0 radical (unpaired) electrons. The molecule has 0 heterocycles. The molecule has 1 aliphatic carbocycles. The third kappa shape index (κ3) is 1.24. The van der Waals surface area contributed by atoms with Gasteiger partial charge in [-0.2, -0.15) is 5.26 Å². The van der Waals surface area contributed by atoms with Crippen LogP contribution in [0.1, 0.15) is 13.3 Å². The maximum atomic E-state index is 12.7. The van der Waals surface area contributed by atoms with Crippen LogP contribution in [0.3, 0.4) is 0 Å². The van der Waals surface area contributed by atoms with Gasteiger partial charge in [-0.25, -0.2) is 4.39 Å². The van der Waals surface area contributed by atoms with E-state index in [9.17, 15) is 4.39 Å². The Balaban J connectivity index is 2.86. The fraction of sp³-hybridized carbons (Fsp3) is 0.375. The third-order valence-electron chi connectivity index (χ3n) is 1.50. The second kappa shape index (κ2) is 2.66. The Hall–Kier alpha value is -1.10. The monoisotopic (exact) mass is 137 g/mol. The van der Waals surface area contributed by atoms with Crippen LogP contribution in [-0.4, -0.2) is 6.17 Å². The molecule has 0 aromatic heterocycles. The van der Waals surface area contributed by atoms with Gasteiger partial charge in [0.15, 0.2) is 0 Å². The van der Waals surface area contributed by atoms with Crippen molar-refractivity contribution in [3.63, 3.8) is 0 Å². The largest absolute Gasteiger partial charge is 0.241 e. The molecule has 52 valence electrons. The van der Waals surface area contributed by atoms with E-state index in [0.29, 0.717) is 6.42 Å². The summed E-state index contributed by atoms with van der Waals surface area (Å²) in [5.41, 5.74) is 1.23. The van der Waals surface area contributed by atoms with Gasteiger partial charge in [0.1, 0.15) is 6.17 Å². The summed E-state index contributed by atoms with van der Waals surface area (Å²) in [6.45, 7) is 1.86. The Morgan fingerprint density at radius 2 is 2.50 bits per heavy atom. The smallest absolute Gasteiger partial charge is 0.138 e. The first-order valence-electron chi connectivity index (χ1n) is 3.16. The number of alkyl halides is 1. The first kappa shape index (κ1) is 7.01. The Kier molecular flexibility index (Phi) is 1.86. The Labute approximate surface area is 59.5 Å². The quantitative estimate of drug-likeness (QED) is 0.501.